The number of carbonyl (C=O) groups excluding carboxylic acids is 1. The third-order valence-corrected chi connectivity index (χ3v) is 2.91. The van der Waals surface area contributed by atoms with E-state index in [1.54, 1.807) is 25.1 Å². The highest BCUT2D eigenvalue weighted by molar-refractivity contribution is 6.10. The Morgan fingerprint density at radius 1 is 0.895 bits per heavy atom. The predicted molar refractivity (Wildman–Crippen MR) is 65.7 cm³/mol. The molecule has 98 valence electrons. The van der Waals surface area contributed by atoms with Crippen molar-refractivity contribution < 1.29 is 18.0 Å². The van der Waals surface area contributed by atoms with Crippen LogP contribution >= 0.6 is 0 Å². The summed E-state index contributed by atoms with van der Waals surface area (Å²) in [7, 11) is 0. The minimum atomic E-state index is -1.63. The van der Waals surface area contributed by atoms with Crippen molar-refractivity contribution in [3.8, 4) is 0 Å². The third kappa shape index (κ3) is 2.38. The summed E-state index contributed by atoms with van der Waals surface area (Å²) in [4.78, 5) is 12.1. The van der Waals surface area contributed by atoms with E-state index >= 15 is 0 Å². The van der Waals surface area contributed by atoms with Crippen LogP contribution in [-0.2, 0) is 0 Å². The largest absolute Gasteiger partial charge is 0.288 e. The fourth-order valence-corrected chi connectivity index (χ4v) is 1.91. The zero-order valence-electron chi connectivity index (χ0n) is 10.4. The normalized spacial score (nSPS) is 10.6. The van der Waals surface area contributed by atoms with Crippen molar-refractivity contribution in [2.45, 2.75) is 13.8 Å². The molecule has 2 rings (SSSR count). The second kappa shape index (κ2) is 4.88. The Morgan fingerprint density at radius 2 is 1.53 bits per heavy atom. The van der Waals surface area contributed by atoms with Crippen LogP contribution in [0.3, 0.4) is 0 Å². The first-order chi connectivity index (χ1) is 8.91. The molecule has 0 fully saturated rings. The summed E-state index contributed by atoms with van der Waals surface area (Å²) < 4.78 is 39.5. The fraction of sp³-hybridized carbons (Fsp3) is 0.133. The van der Waals surface area contributed by atoms with Crippen molar-refractivity contribution in [3.05, 3.63) is 70.0 Å². The van der Waals surface area contributed by atoms with Crippen LogP contribution < -0.4 is 0 Å². The lowest BCUT2D eigenvalue weighted by Crippen LogP contribution is -2.08. The molecule has 0 aliphatic carbocycles. The first-order valence-electron chi connectivity index (χ1n) is 5.67. The average Bonchev–Trinajstić information content (AvgIpc) is 2.35. The summed E-state index contributed by atoms with van der Waals surface area (Å²) in [5.41, 5.74) is 1.43. The second-order valence-corrected chi connectivity index (χ2v) is 4.37. The van der Waals surface area contributed by atoms with E-state index in [4.69, 9.17) is 0 Å². The molecule has 0 saturated carbocycles. The monoisotopic (exact) mass is 264 g/mol. The van der Waals surface area contributed by atoms with Crippen LogP contribution in [0.5, 0.6) is 0 Å². The van der Waals surface area contributed by atoms with E-state index in [2.05, 4.69) is 0 Å². The van der Waals surface area contributed by atoms with Gasteiger partial charge in [-0.3, -0.25) is 4.79 Å². The predicted octanol–water partition coefficient (Wildman–Crippen LogP) is 3.95. The molecule has 0 atom stereocenters. The molecule has 0 saturated heterocycles. The maximum atomic E-state index is 13.6. The summed E-state index contributed by atoms with van der Waals surface area (Å²) in [6.07, 6.45) is 0. The van der Waals surface area contributed by atoms with Gasteiger partial charge in [0.2, 0.25) is 0 Å². The number of aryl methyl sites for hydroxylation is 2. The maximum absolute atomic E-state index is 13.6. The molecule has 0 aliphatic heterocycles. The quantitative estimate of drug-likeness (QED) is 0.593. The van der Waals surface area contributed by atoms with E-state index in [-0.39, 0.29) is 5.56 Å². The molecule has 2 aromatic rings. The number of rotatable bonds is 2. The van der Waals surface area contributed by atoms with Crippen molar-refractivity contribution in [2.24, 2.45) is 0 Å². The van der Waals surface area contributed by atoms with Gasteiger partial charge in [0.1, 0.15) is 0 Å². The molecule has 0 bridgehead atoms. The Kier molecular flexibility index (Phi) is 3.42. The molecular formula is C15H11F3O. The zero-order chi connectivity index (χ0) is 14.2. The zero-order valence-corrected chi connectivity index (χ0v) is 10.4. The van der Waals surface area contributed by atoms with Gasteiger partial charge in [0, 0.05) is 5.56 Å². The summed E-state index contributed by atoms with van der Waals surface area (Å²) >= 11 is 0. The van der Waals surface area contributed by atoms with E-state index < -0.39 is 28.8 Å². The Bertz CT molecular complexity index is 663. The molecule has 0 spiro atoms. The second-order valence-electron chi connectivity index (χ2n) is 4.37. The number of hydrogen-bond donors (Lipinski definition) is 0. The van der Waals surface area contributed by atoms with Gasteiger partial charge in [0.05, 0.1) is 5.56 Å². The summed E-state index contributed by atoms with van der Waals surface area (Å²) in [6.45, 7) is 3.57. The van der Waals surface area contributed by atoms with E-state index in [1.807, 2.05) is 6.92 Å². The highest BCUT2D eigenvalue weighted by Gasteiger charge is 2.20. The van der Waals surface area contributed by atoms with Crippen LogP contribution in [0.4, 0.5) is 13.2 Å². The molecule has 0 heterocycles. The molecule has 0 aromatic heterocycles. The topological polar surface area (TPSA) is 17.1 Å². The van der Waals surface area contributed by atoms with Gasteiger partial charge in [-0.05, 0) is 31.5 Å². The number of benzene rings is 2. The molecular weight excluding hydrogens is 253 g/mol. The number of ketones is 1. The van der Waals surface area contributed by atoms with Gasteiger partial charge in [-0.15, -0.1) is 0 Å². The fourth-order valence-electron chi connectivity index (χ4n) is 1.91. The SMILES string of the molecule is Cc1ccc(C(=O)c2ccc(F)c(F)c2F)c(C)c1. The minimum absolute atomic E-state index is 0.274. The van der Waals surface area contributed by atoms with Crippen LogP contribution in [0.15, 0.2) is 30.3 Å². The Labute approximate surface area is 108 Å². The van der Waals surface area contributed by atoms with Gasteiger partial charge in [0.25, 0.3) is 0 Å². The lowest BCUT2D eigenvalue weighted by molar-refractivity contribution is 0.103. The van der Waals surface area contributed by atoms with Crippen LogP contribution in [0.25, 0.3) is 0 Å². The molecule has 0 radical (unpaired) electrons. The van der Waals surface area contributed by atoms with Gasteiger partial charge < -0.3 is 0 Å². The Hall–Kier alpha value is -2.10. The highest BCUT2D eigenvalue weighted by atomic mass is 19.2. The molecule has 0 amide bonds. The first kappa shape index (κ1) is 13.3. The summed E-state index contributed by atoms with van der Waals surface area (Å²) in [5, 5.41) is 0. The van der Waals surface area contributed by atoms with E-state index in [0.29, 0.717) is 5.56 Å². The summed E-state index contributed by atoms with van der Waals surface area (Å²) in [6, 6.07) is 6.72. The van der Waals surface area contributed by atoms with E-state index in [9.17, 15) is 18.0 Å². The molecule has 0 N–H and O–H groups in total. The van der Waals surface area contributed by atoms with Gasteiger partial charge in [-0.25, -0.2) is 13.2 Å². The van der Waals surface area contributed by atoms with Gasteiger partial charge in [-0.2, -0.15) is 0 Å². The maximum Gasteiger partial charge on any atom is 0.196 e. The molecule has 0 aliphatic rings. The van der Waals surface area contributed by atoms with Crippen molar-refractivity contribution in [1.82, 2.24) is 0 Å². The minimum Gasteiger partial charge on any atom is -0.288 e. The molecule has 4 heteroatoms. The standard InChI is InChI=1S/C15H11F3O/c1-8-3-4-10(9(2)7-8)15(19)11-5-6-12(16)14(18)13(11)17/h3-7H,1-2H3. The van der Waals surface area contributed by atoms with Crippen molar-refractivity contribution in [2.75, 3.05) is 0 Å². The average molecular weight is 264 g/mol. The van der Waals surface area contributed by atoms with Crippen molar-refractivity contribution >= 4 is 5.78 Å². The van der Waals surface area contributed by atoms with Crippen LogP contribution in [0, 0.1) is 31.3 Å². The lowest BCUT2D eigenvalue weighted by Gasteiger charge is -2.07. The van der Waals surface area contributed by atoms with Gasteiger partial charge >= 0.3 is 0 Å². The van der Waals surface area contributed by atoms with Crippen LogP contribution in [0.2, 0.25) is 0 Å². The third-order valence-electron chi connectivity index (χ3n) is 2.91. The van der Waals surface area contributed by atoms with Crippen LogP contribution in [-0.4, -0.2) is 5.78 Å². The molecule has 0 unspecified atom stereocenters. The molecule has 1 nitrogen and oxygen atoms in total. The lowest BCUT2D eigenvalue weighted by atomic mass is 9.97. The summed E-state index contributed by atoms with van der Waals surface area (Å²) in [5.74, 6) is -5.05. The number of hydrogen-bond acceptors (Lipinski definition) is 1. The molecule has 2 aromatic carbocycles. The van der Waals surface area contributed by atoms with Gasteiger partial charge in [0.15, 0.2) is 23.2 Å². The number of halogens is 3. The Balaban J connectivity index is 2.53. The first-order valence-corrected chi connectivity index (χ1v) is 5.67. The van der Waals surface area contributed by atoms with E-state index in [1.165, 1.54) is 0 Å². The molecule has 19 heavy (non-hydrogen) atoms. The van der Waals surface area contributed by atoms with E-state index in [0.717, 1.165) is 17.7 Å². The van der Waals surface area contributed by atoms with Gasteiger partial charge in [-0.1, -0.05) is 23.8 Å². The van der Waals surface area contributed by atoms with Crippen molar-refractivity contribution in [3.63, 3.8) is 0 Å². The number of carbonyl (C=O) groups is 1. The van der Waals surface area contributed by atoms with Crippen LogP contribution in [0.1, 0.15) is 27.0 Å². The smallest absolute Gasteiger partial charge is 0.196 e. The van der Waals surface area contributed by atoms with Crippen molar-refractivity contribution in [1.29, 1.82) is 0 Å². The Morgan fingerprint density at radius 3 is 2.16 bits per heavy atom. The highest BCUT2D eigenvalue weighted by Crippen LogP contribution is 2.20.